The minimum absolute atomic E-state index is 0.0648. The number of carbonyl (C=O) groups excluding carboxylic acids is 2. The number of likely N-dealkylation sites (tertiary alicyclic amines) is 1. The van der Waals surface area contributed by atoms with E-state index in [1.807, 2.05) is 65.6 Å². The Morgan fingerprint density at radius 2 is 1.60 bits per heavy atom. The SMILES string of the molecule is O=C1CC2(CCN(C(=O)C(c3ccccc3)c3ccccc3)C2)CN1. The molecular formula is C21H22N2O2. The number of nitrogens with one attached hydrogen (secondary N) is 1. The summed E-state index contributed by atoms with van der Waals surface area (Å²) in [5, 5.41) is 2.93. The van der Waals surface area contributed by atoms with Crippen molar-refractivity contribution in [3.05, 3.63) is 71.8 Å². The lowest BCUT2D eigenvalue weighted by molar-refractivity contribution is -0.131. The van der Waals surface area contributed by atoms with Crippen LogP contribution >= 0.6 is 0 Å². The summed E-state index contributed by atoms with van der Waals surface area (Å²) in [7, 11) is 0. The Hall–Kier alpha value is -2.62. The fourth-order valence-corrected chi connectivity index (χ4v) is 4.11. The third-order valence-corrected chi connectivity index (χ3v) is 5.46. The van der Waals surface area contributed by atoms with Gasteiger partial charge in [-0.2, -0.15) is 0 Å². The number of hydrogen-bond acceptors (Lipinski definition) is 2. The molecule has 128 valence electrons. The lowest BCUT2D eigenvalue weighted by atomic mass is 9.86. The predicted molar refractivity (Wildman–Crippen MR) is 96.0 cm³/mol. The smallest absolute Gasteiger partial charge is 0.234 e. The number of benzene rings is 2. The zero-order chi connectivity index (χ0) is 17.3. The number of rotatable bonds is 3. The fraction of sp³-hybridized carbons (Fsp3) is 0.333. The molecule has 1 unspecified atom stereocenters. The van der Waals surface area contributed by atoms with E-state index in [2.05, 4.69) is 5.32 Å². The van der Waals surface area contributed by atoms with Crippen molar-refractivity contribution in [1.29, 1.82) is 0 Å². The van der Waals surface area contributed by atoms with Gasteiger partial charge in [0.1, 0.15) is 0 Å². The Kier molecular flexibility index (Phi) is 4.04. The summed E-state index contributed by atoms with van der Waals surface area (Å²) in [4.78, 5) is 27.0. The van der Waals surface area contributed by atoms with Crippen LogP contribution < -0.4 is 5.32 Å². The van der Waals surface area contributed by atoms with Crippen molar-refractivity contribution in [3.63, 3.8) is 0 Å². The van der Waals surface area contributed by atoms with Gasteiger partial charge in [0, 0.05) is 31.5 Å². The number of nitrogens with zero attached hydrogens (tertiary/aromatic N) is 1. The van der Waals surface area contributed by atoms with Crippen molar-refractivity contribution >= 4 is 11.8 Å². The third-order valence-electron chi connectivity index (χ3n) is 5.46. The molecule has 25 heavy (non-hydrogen) atoms. The molecule has 2 amide bonds. The molecule has 1 atom stereocenters. The first kappa shape index (κ1) is 15.9. The molecule has 2 aromatic carbocycles. The standard InChI is InChI=1S/C21H22N2O2/c24-18-13-21(14-22-18)11-12-23(15-21)20(25)19(16-7-3-1-4-8-16)17-9-5-2-6-10-17/h1-10,19H,11-15H2,(H,22,24). The van der Waals surface area contributed by atoms with E-state index in [1.165, 1.54) is 0 Å². The molecule has 0 aliphatic carbocycles. The zero-order valence-electron chi connectivity index (χ0n) is 14.2. The van der Waals surface area contributed by atoms with Crippen LogP contribution in [0.25, 0.3) is 0 Å². The molecule has 0 radical (unpaired) electrons. The predicted octanol–water partition coefficient (Wildman–Crippen LogP) is 2.56. The Balaban J connectivity index is 1.62. The van der Waals surface area contributed by atoms with Gasteiger partial charge >= 0.3 is 0 Å². The highest BCUT2D eigenvalue weighted by molar-refractivity contribution is 5.88. The quantitative estimate of drug-likeness (QED) is 0.938. The average Bonchev–Trinajstić information content (AvgIpc) is 3.23. The largest absolute Gasteiger partial charge is 0.355 e. The van der Waals surface area contributed by atoms with E-state index in [-0.39, 0.29) is 23.1 Å². The second-order valence-electron chi connectivity index (χ2n) is 7.22. The van der Waals surface area contributed by atoms with E-state index < -0.39 is 0 Å². The van der Waals surface area contributed by atoms with Crippen LogP contribution in [0.3, 0.4) is 0 Å². The molecule has 2 saturated heterocycles. The first-order valence-electron chi connectivity index (χ1n) is 8.82. The minimum Gasteiger partial charge on any atom is -0.355 e. The molecule has 2 fully saturated rings. The van der Waals surface area contributed by atoms with Crippen LogP contribution in [0.5, 0.6) is 0 Å². The van der Waals surface area contributed by atoms with Crippen LogP contribution in [0.15, 0.2) is 60.7 Å². The second kappa shape index (κ2) is 6.36. The molecule has 4 nitrogen and oxygen atoms in total. The molecule has 1 spiro atoms. The van der Waals surface area contributed by atoms with Gasteiger partial charge in [-0.05, 0) is 17.5 Å². The normalized spacial score (nSPS) is 22.6. The zero-order valence-corrected chi connectivity index (χ0v) is 14.2. The Morgan fingerprint density at radius 1 is 1.00 bits per heavy atom. The maximum Gasteiger partial charge on any atom is 0.234 e. The molecular weight excluding hydrogens is 312 g/mol. The van der Waals surface area contributed by atoms with Gasteiger partial charge in [-0.15, -0.1) is 0 Å². The molecule has 0 saturated carbocycles. The van der Waals surface area contributed by atoms with Crippen molar-refractivity contribution in [3.8, 4) is 0 Å². The first-order chi connectivity index (χ1) is 12.2. The lowest BCUT2D eigenvalue weighted by Crippen LogP contribution is -2.36. The van der Waals surface area contributed by atoms with Crippen LogP contribution in [0.4, 0.5) is 0 Å². The molecule has 2 aliphatic rings. The van der Waals surface area contributed by atoms with E-state index in [4.69, 9.17) is 0 Å². The average molecular weight is 334 g/mol. The summed E-state index contributed by atoms with van der Waals surface area (Å²) < 4.78 is 0. The van der Waals surface area contributed by atoms with Gasteiger partial charge < -0.3 is 10.2 Å². The van der Waals surface area contributed by atoms with Crippen LogP contribution in [-0.2, 0) is 9.59 Å². The fourth-order valence-electron chi connectivity index (χ4n) is 4.11. The maximum absolute atomic E-state index is 13.4. The number of amides is 2. The molecule has 0 aromatic heterocycles. The Labute approximate surface area is 147 Å². The van der Waals surface area contributed by atoms with Crippen molar-refractivity contribution in [2.45, 2.75) is 18.8 Å². The van der Waals surface area contributed by atoms with Crippen molar-refractivity contribution in [2.75, 3.05) is 19.6 Å². The Morgan fingerprint density at radius 3 is 2.12 bits per heavy atom. The molecule has 2 aromatic rings. The summed E-state index contributed by atoms with van der Waals surface area (Å²) in [6.07, 6.45) is 1.44. The molecule has 4 heteroatoms. The summed E-state index contributed by atoms with van der Waals surface area (Å²) in [5.74, 6) is -0.0480. The van der Waals surface area contributed by atoms with Crippen molar-refractivity contribution in [1.82, 2.24) is 10.2 Å². The van der Waals surface area contributed by atoms with Gasteiger partial charge in [0.2, 0.25) is 11.8 Å². The van der Waals surface area contributed by atoms with E-state index in [9.17, 15) is 9.59 Å². The highest BCUT2D eigenvalue weighted by Gasteiger charge is 2.46. The second-order valence-corrected chi connectivity index (χ2v) is 7.22. The van der Waals surface area contributed by atoms with E-state index in [1.54, 1.807) is 0 Å². The van der Waals surface area contributed by atoms with Crippen LogP contribution in [0.2, 0.25) is 0 Å². The maximum atomic E-state index is 13.4. The molecule has 2 heterocycles. The van der Waals surface area contributed by atoms with Crippen LogP contribution in [-0.4, -0.2) is 36.3 Å². The van der Waals surface area contributed by atoms with Gasteiger partial charge in [0.25, 0.3) is 0 Å². The van der Waals surface area contributed by atoms with Gasteiger partial charge in [0.05, 0.1) is 5.92 Å². The summed E-state index contributed by atoms with van der Waals surface area (Å²) in [5.41, 5.74) is 1.96. The number of carbonyl (C=O) groups is 2. The Bertz CT molecular complexity index is 735. The van der Waals surface area contributed by atoms with Gasteiger partial charge in [-0.3, -0.25) is 9.59 Å². The molecule has 0 bridgehead atoms. The van der Waals surface area contributed by atoms with E-state index in [0.717, 1.165) is 24.1 Å². The first-order valence-corrected chi connectivity index (χ1v) is 8.82. The lowest BCUT2D eigenvalue weighted by Gasteiger charge is -2.26. The van der Waals surface area contributed by atoms with Crippen LogP contribution in [0.1, 0.15) is 29.9 Å². The molecule has 4 rings (SSSR count). The highest BCUT2D eigenvalue weighted by Crippen LogP contribution is 2.38. The van der Waals surface area contributed by atoms with E-state index >= 15 is 0 Å². The topological polar surface area (TPSA) is 49.4 Å². The van der Waals surface area contributed by atoms with Gasteiger partial charge in [0.15, 0.2) is 0 Å². The van der Waals surface area contributed by atoms with Crippen LogP contribution in [0, 0.1) is 5.41 Å². The minimum atomic E-state index is -0.289. The number of hydrogen-bond donors (Lipinski definition) is 1. The highest BCUT2D eigenvalue weighted by atomic mass is 16.2. The summed E-state index contributed by atoms with van der Waals surface area (Å²) >= 11 is 0. The third kappa shape index (κ3) is 3.04. The van der Waals surface area contributed by atoms with Crippen molar-refractivity contribution in [2.24, 2.45) is 5.41 Å². The van der Waals surface area contributed by atoms with Gasteiger partial charge in [-0.25, -0.2) is 0 Å². The summed E-state index contributed by atoms with van der Waals surface area (Å²) in [6.45, 7) is 2.08. The summed E-state index contributed by atoms with van der Waals surface area (Å²) in [6, 6.07) is 19.9. The van der Waals surface area contributed by atoms with Crippen molar-refractivity contribution < 1.29 is 9.59 Å². The van der Waals surface area contributed by atoms with E-state index in [0.29, 0.717) is 19.5 Å². The monoisotopic (exact) mass is 334 g/mol. The molecule has 2 aliphatic heterocycles. The van der Waals surface area contributed by atoms with Gasteiger partial charge in [-0.1, -0.05) is 60.7 Å². The molecule has 1 N–H and O–H groups in total.